The standard InChI is InChI=1S/C26H33ClN2O3S/c1-3-5-14-28(15-6-4-2)16-8-17-29-23(21-9-7-18-33-21)22(25(31)26(29)32)24(30)19-10-12-20(27)13-11-19/h7,9-13,18,23,30H,3-6,8,14-17H2,1-2H3/b24-22+. The predicted octanol–water partition coefficient (Wildman–Crippen LogP) is 6.12. The lowest BCUT2D eigenvalue weighted by Crippen LogP contribution is -2.34. The van der Waals surface area contributed by atoms with Crippen LogP contribution in [0.15, 0.2) is 47.4 Å². The molecule has 33 heavy (non-hydrogen) atoms. The van der Waals surface area contributed by atoms with Crippen molar-refractivity contribution < 1.29 is 14.7 Å². The van der Waals surface area contributed by atoms with E-state index in [1.165, 1.54) is 11.3 Å². The van der Waals surface area contributed by atoms with Crippen molar-refractivity contribution in [1.82, 2.24) is 9.80 Å². The molecule has 0 saturated carbocycles. The molecule has 1 aliphatic rings. The van der Waals surface area contributed by atoms with Gasteiger partial charge < -0.3 is 14.9 Å². The Balaban J connectivity index is 1.83. The Morgan fingerprint density at radius 2 is 1.67 bits per heavy atom. The van der Waals surface area contributed by atoms with Crippen LogP contribution in [-0.4, -0.2) is 52.8 Å². The highest BCUT2D eigenvalue weighted by atomic mass is 35.5. The van der Waals surface area contributed by atoms with Crippen LogP contribution in [0, 0.1) is 0 Å². The molecule has 178 valence electrons. The molecule has 0 aliphatic carbocycles. The van der Waals surface area contributed by atoms with Crippen molar-refractivity contribution in [2.24, 2.45) is 0 Å². The molecular weight excluding hydrogens is 456 g/mol. The van der Waals surface area contributed by atoms with Crippen molar-refractivity contribution >= 4 is 40.4 Å². The molecule has 1 aromatic carbocycles. The molecule has 2 heterocycles. The molecule has 1 aliphatic heterocycles. The van der Waals surface area contributed by atoms with Gasteiger partial charge in [-0.3, -0.25) is 9.59 Å². The molecule has 3 rings (SSSR count). The number of carbonyl (C=O) groups is 2. The minimum atomic E-state index is -0.630. The summed E-state index contributed by atoms with van der Waals surface area (Å²) in [6.45, 7) is 7.86. The summed E-state index contributed by atoms with van der Waals surface area (Å²) >= 11 is 7.46. The third-order valence-electron chi connectivity index (χ3n) is 6.00. The van der Waals surface area contributed by atoms with Gasteiger partial charge in [-0.25, -0.2) is 0 Å². The number of aliphatic hydroxyl groups is 1. The molecule has 1 saturated heterocycles. The number of unbranched alkanes of at least 4 members (excludes halogenated alkanes) is 2. The molecular formula is C26H33ClN2O3S. The highest BCUT2D eigenvalue weighted by Crippen LogP contribution is 2.41. The van der Waals surface area contributed by atoms with E-state index < -0.39 is 17.7 Å². The maximum atomic E-state index is 13.0. The highest BCUT2D eigenvalue weighted by Gasteiger charge is 2.46. The van der Waals surface area contributed by atoms with E-state index in [1.54, 1.807) is 29.2 Å². The number of thiophene rings is 1. The number of amides is 1. The summed E-state index contributed by atoms with van der Waals surface area (Å²) in [6.07, 6.45) is 5.40. The van der Waals surface area contributed by atoms with Crippen molar-refractivity contribution in [2.45, 2.75) is 52.0 Å². The minimum Gasteiger partial charge on any atom is -0.507 e. The van der Waals surface area contributed by atoms with Crippen LogP contribution in [0.3, 0.4) is 0 Å². The van der Waals surface area contributed by atoms with Gasteiger partial charge >= 0.3 is 0 Å². The Hall–Kier alpha value is -2.15. The Morgan fingerprint density at radius 3 is 2.24 bits per heavy atom. The van der Waals surface area contributed by atoms with Gasteiger partial charge in [0, 0.05) is 22.0 Å². The van der Waals surface area contributed by atoms with Crippen LogP contribution >= 0.6 is 22.9 Å². The summed E-state index contributed by atoms with van der Waals surface area (Å²) in [5, 5.41) is 13.5. The summed E-state index contributed by atoms with van der Waals surface area (Å²) in [4.78, 5) is 31.0. The molecule has 0 bridgehead atoms. The largest absolute Gasteiger partial charge is 0.507 e. The predicted molar refractivity (Wildman–Crippen MR) is 136 cm³/mol. The first kappa shape index (κ1) is 25.5. The normalized spacial score (nSPS) is 17.9. The van der Waals surface area contributed by atoms with Gasteiger partial charge in [0.2, 0.25) is 0 Å². The van der Waals surface area contributed by atoms with Gasteiger partial charge in [0.15, 0.2) is 0 Å². The average molecular weight is 489 g/mol. The minimum absolute atomic E-state index is 0.151. The fraction of sp³-hybridized carbons (Fsp3) is 0.462. The summed E-state index contributed by atoms with van der Waals surface area (Å²) in [5.74, 6) is -1.33. The molecule has 0 radical (unpaired) electrons. The highest BCUT2D eigenvalue weighted by molar-refractivity contribution is 7.10. The van der Waals surface area contributed by atoms with E-state index in [-0.39, 0.29) is 11.3 Å². The van der Waals surface area contributed by atoms with Crippen molar-refractivity contribution in [3.8, 4) is 0 Å². The molecule has 0 spiro atoms. The number of nitrogens with zero attached hydrogens (tertiary/aromatic N) is 2. The number of benzene rings is 1. The number of hydrogen-bond acceptors (Lipinski definition) is 5. The molecule has 1 aromatic heterocycles. The van der Waals surface area contributed by atoms with E-state index in [0.717, 1.165) is 56.6 Å². The van der Waals surface area contributed by atoms with Gasteiger partial charge in [-0.15, -0.1) is 11.3 Å². The van der Waals surface area contributed by atoms with E-state index in [4.69, 9.17) is 11.6 Å². The van der Waals surface area contributed by atoms with E-state index in [0.29, 0.717) is 17.1 Å². The van der Waals surface area contributed by atoms with Crippen molar-refractivity contribution in [1.29, 1.82) is 0 Å². The third-order valence-corrected chi connectivity index (χ3v) is 7.18. The first-order valence-electron chi connectivity index (χ1n) is 11.8. The maximum Gasteiger partial charge on any atom is 0.295 e. The Labute approximate surface area is 205 Å². The molecule has 1 unspecified atom stereocenters. The second-order valence-electron chi connectivity index (χ2n) is 8.42. The molecule has 1 amide bonds. The molecule has 5 nitrogen and oxygen atoms in total. The van der Waals surface area contributed by atoms with Crippen molar-refractivity contribution in [3.63, 3.8) is 0 Å². The Morgan fingerprint density at radius 1 is 1.03 bits per heavy atom. The van der Waals surface area contributed by atoms with Gasteiger partial charge in [0.1, 0.15) is 5.76 Å². The monoisotopic (exact) mass is 488 g/mol. The van der Waals surface area contributed by atoms with Crippen molar-refractivity contribution in [3.05, 3.63) is 62.8 Å². The van der Waals surface area contributed by atoms with Gasteiger partial charge in [-0.05, 0) is 74.6 Å². The third kappa shape index (κ3) is 6.25. The van der Waals surface area contributed by atoms with Crippen molar-refractivity contribution in [2.75, 3.05) is 26.2 Å². The van der Waals surface area contributed by atoms with Crippen LogP contribution < -0.4 is 0 Å². The van der Waals surface area contributed by atoms with E-state index >= 15 is 0 Å². The zero-order chi connectivity index (χ0) is 23.8. The van der Waals surface area contributed by atoms with E-state index in [2.05, 4.69) is 18.7 Å². The first-order chi connectivity index (χ1) is 16.0. The zero-order valence-electron chi connectivity index (χ0n) is 19.4. The first-order valence-corrected chi connectivity index (χ1v) is 13.0. The molecule has 1 atom stereocenters. The summed E-state index contributed by atoms with van der Waals surface area (Å²) in [6, 6.07) is 9.89. The van der Waals surface area contributed by atoms with Gasteiger partial charge in [-0.1, -0.05) is 44.4 Å². The van der Waals surface area contributed by atoms with Crippen LogP contribution in [0.5, 0.6) is 0 Å². The number of halogens is 1. The fourth-order valence-corrected chi connectivity index (χ4v) is 5.15. The number of hydrogen-bond donors (Lipinski definition) is 1. The topological polar surface area (TPSA) is 60.9 Å². The summed E-state index contributed by atoms with van der Waals surface area (Å²) in [5.41, 5.74) is 0.628. The second-order valence-corrected chi connectivity index (χ2v) is 9.83. The van der Waals surface area contributed by atoms with Crippen LogP contribution in [0.1, 0.15) is 62.4 Å². The van der Waals surface area contributed by atoms with Gasteiger partial charge in [-0.2, -0.15) is 0 Å². The zero-order valence-corrected chi connectivity index (χ0v) is 21.0. The van der Waals surface area contributed by atoms with E-state index in [9.17, 15) is 14.7 Å². The number of ketones is 1. The Kier molecular flexibility index (Phi) is 9.53. The van der Waals surface area contributed by atoms with Crippen LogP contribution in [-0.2, 0) is 9.59 Å². The smallest absolute Gasteiger partial charge is 0.295 e. The number of likely N-dealkylation sites (tertiary alicyclic amines) is 1. The Bertz CT molecular complexity index is 948. The number of aliphatic hydroxyl groups excluding tert-OH is 1. The molecule has 2 aromatic rings. The average Bonchev–Trinajstić information content (AvgIpc) is 3.43. The molecule has 7 heteroatoms. The number of rotatable bonds is 12. The van der Waals surface area contributed by atoms with Crippen LogP contribution in [0.25, 0.3) is 5.76 Å². The van der Waals surface area contributed by atoms with Crippen LogP contribution in [0.2, 0.25) is 5.02 Å². The maximum absolute atomic E-state index is 13.0. The summed E-state index contributed by atoms with van der Waals surface area (Å²) in [7, 11) is 0. The molecule has 1 fully saturated rings. The SMILES string of the molecule is CCCCN(CCCC)CCCN1C(=O)C(=O)/C(=C(/O)c2ccc(Cl)cc2)C1c1cccs1. The second kappa shape index (κ2) is 12.4. The van der Waals surface area contributed by atoms with Gasteiger partial charge in [0.25, 0.3) is 11.7 Å². The number of carbonyl (C=O) groups excluding carboxylic acids is 2. The van der Waals surface area contributed by atoms with E-state index in [1.807, 2.05) is 17.5 Å². The fourth-order valence-electron chi connectivity index (χ4n) is 4.18. The van der Waals surface area contributed by atoms with Gasteiger partial charge in [0.05, 0.1) is 11.6 Å². The summed E-state index contributed by atoms with van der Waals surface area (Å²) < 4.78 is 0. The quantitative estimate of drug-likeness (QED) is 0.222. The lowest BCUT2D eigenvalue weighted by atomic mass is 10.00. The molecule has 1 N–H and O–H groups in total. The number of Topliss-reactive ketones (excluding diaryl/α,β-unsaturated/α-hetero) is 1. The van der Waals surface area contributed by atoms with Crippen LogP contribution in [0.4, 0.5) is 0 Å². The lowest BCUT2D eigenvalue weighted by Gasteiger charge is -2.26. The lowest BCUT2D eigenvalue weighted by molar-refractivity contribution is -0.139.